The molecule has 2 aromatic carbocycles. The van der Waals surface area contributed by atoms with Gasteiger partial charge in [-0.15, -0.1) is 0 Å². The smallest absolute Gasteiger partial charge is 0.390 e. The van der Waals surface area contributed by atoms with Crippen molar-refractivity contribution in [2.45, 2.75) is 24.4 Å². The third-order valence-electron chi connectivity index (χ3n) is 3.91. The van der Waals surface area contributed by atoms with Crippen LogP contribution in [0.15, 0.2) is 47.4 Å². The van der Waals surface area contributed by atoms with Crippen molar-refractivity contribution in [3.8, 4) is 11.5 Å². The molecular weight excluding hydrogens is 383 g/mol. The molecule has 0 aliphatic carbocycles. The number of halogens is 3. The largest absolute Gasteiger partial charge is 0.497 e. The number of hydrogen-bond acceptors (Lipinski definition) is 4. The fraction of sp³-hybridized carbons (Fsp3) is 0.333. The Morgan fingerprint density at radius 2 is 1.63 bits per heavy atom. The van der Waals surface area contributed by atoms with Crippen molar-refractivity contribution in [1.29, 1.82) is 0 Å². The van der Waals surface area contributed by atoms with Crippen LogP contribution in [-0.4, -0.2) is 35.4 Å². The fourth-order valence-electron chi connectivity index (χ4n) is 2.51. The van der Waals surface area contributed by atoms with Gasteiger partial charge in [0.25, 0.3) is 10.0 Å². The number of anilines is 1. The molecule has 0 aliphatic rings. The number of alkyl halides is 3. The number of ether oxygens (including phenoxy) is 2. The van der Waals surface area contributed by atoms with Gasteiger partial charge in [0.1, 0.15) is 11.5 Å². The van der Waals surface area contributed by atoms with Crippen LogP contribution < -0.4 is 13.8 Å². The third kappa shape index (κ3) is 5.06. The quantitative estimate of drug-likeness (QED) is 0.697. The number of nitrogens with zero attached hydrogens (tertiary/aromatic N) is 1. The number of rotatable bonds is 7. The molecule has 0 saturated heterocycles. The summed E-state index contributed by atoms with van der Waals surface area (Å²) < 4.78 is 75.2. The molecule has 148 valence electrons. The van der Waals surface area contributed by atoms with E-state index in [2.05, 4.69) is 0 Å². The summed E-state index contributed by atoms with van der Waals surface area (Å²) in [6, 6.07) is 9.90. The molecule has 9 heteroatoms. The van der Waals surface area contributed by atoms with Gasteiger partial charge in [-0.25, -0.2) is 8.42 Å². The van der Waals surface area contributed by atoms with Crippen LogP contribution in [-0.2, 0) is 10.0 Å². The highest BCUT2D eigenvalue weighted by Crippen LogP contribution is 2.31. The van der Waals surface area contributed by atoms with Gasteiger partial charge in [0.15, 0.2) is 0 Å². The van der Waals surface area contributed by atoms with Crippen LogP contribution in [0.25, 0.3) is 0 Å². The van der Waals surface area contributed by atoms with Crippen LogP contribution in [0.2, 0.25) is 0 Å². The molecule has 0 bridgehead atoms. The summed E-state index contributed by atoms with van der Waals surface area (Å²) in [6.45, 7) is 0.952. The van der Waals surface area contributed by atoms with E-state index in [9.17, 15) is 21.6 Å². The topological polar surface area (TPSA) is 55.8 Å². The summed E-state index contributed by atoms with van der Waals surface area (Å²) in [7, 11) is -1.32. The Morgan fingerprint density at radius 3 is 2.11 bits per heavy atom. The molecule has 0 saturated carbocycles. The first-order valence-corrected chi connectivity index (χ1v) is 9.40. The Kier molecular flexibility index (Phi) is 6.25. The summed E-state index contributed by atoms with van der Waals surface area (Å²) in [5.74, 6) is 0.951. The number of sulfonamides is 1. The molecule has 0 unspecified atom stereocenters. The van der Waals surface area contributed by atoms with Crippen molar-refractivity contribution >= 4 is 15.7 Å². The molecule has 0 N–H and O–H groups in total. The second-order valence-corrected chi connectivity index (χ2v) is 7.63. The number of aryl methyl sites for hydroxylation is 1. The second kappa shape index (κ2) is 8.08. The fourth-order valence-corrected chi connectivity index (χ4v) is 3.97. The maximum atomic E-state index is 13.0. The van der Waals surface area contributed by atoms with Crippen LogP contribution in [0.5, 0.6) is 11.5 Å². The second-order valence-electron chi connectivity index (χ2n) is 5.77. The summed E-state index contributed by atoms with van der Waals surface area (Å²) in [5.41, 5.74) is 0.741. The van der Waals surface area contributed by atoms with Crippen LogP contribution in [0.3, 0.4) is 0 Å². The standard InChI is InChI=1S/C18H20F3NO4S/c1-13-12-14(4-9-17(13)26-3)22(11-10-18(19,20)21)27(23,24)16-7-5-15(25-2)6-8-16/h4-9,12H,10-11H2,1-3H3. The van der Waals surface area contributed by atoms with E-state index in [0.29, 0.717) is 17.1 Å². The zero-order valence-corrected chi connectivity index (χ0v) is 15.9. The maximum Gasteiger partial charge on any atom is 0.390 e. The highest BCUT2D eigenvalue weighted by atomic mass is 32.2. The molecule has 0 aromatic heterocycles. The molecule has 0 spiro atoms. The van der Waals surface area contributed by atoms with Crippen molar-refractivity contribution in [2.24, 2.45) is 0 Å². The van der Waals surface area contributed by atoms with E-state index >= 15 is 0 Å². The van der Waals surface area contributed by atoms with E-state index in [1.807, 2.05) is 0 Å². The molecule has 0 heterocycles. The van der Waals surface area contributed by atoms with Gasteiger partial charge in [0, 0.05) is 6.54 Å². The molecule has 27 heavy (non-hydrogen) atoms. The first-order chi connectivity index (χ1) is 12.6. The molecule has 0 aliphatic heterocycles. The SMILES string of the molecule is COc1ccc(S(=O)(=O)N(CCC(F)(F)F)c2ccc(OC)c(C)c2)cc1. The van der Waals surface area contributed by atoms with Gasteiger partial charge in [-0.1, -0.05) is 0 Å². The van der Waals surface area contributed by atoms with E-state index < -0.39 is 29.2 Å². The zero-order valence-electron chi connectivity index (χ0n) is 15.1. The Hall–Kier alpha value is -2.42. The first kappa shape index (κ1) is 20.9. The Labute approximate surface area is 156 Å². The molecular formula is C18H20F3NO4S. The normalized spacial score (nSPS) is 11.9. The van der Waals surface area contributed by atoms with E-state index in [-0.39, 0.29) is 10.6 Å². The van der Waals surface area contributed by atoms with Crippen molar-refractivity contribution in [3.05, 3.63) is 48.0 Å². The van der Waals surface area contributed by atoms with Crippen molar-refractivity contribution in [3.63, 3.8) is 0 Å². The lowest BCUT2D eigenvalue weighted by molar-refractivity contribution is -0.131. The summed E-state index contributed by atoms with van der Waals surface area (Å²) >= 11 is 0. The first-order valence-electron chi connectivity index (χ1n) is 7.96. The number of benzene rings is 2. The molecule has 2 aromatic rings. The minimum Gasteiger partial charge on any atom is -0.497 e. The third-order valence-corrected chi connectivity index (χ3v) is 5.75. The van der Waals surface area contributed by atoms with Crippen LogP contribution in [0.1, 0.15) is 12.0 Å². The minimum absolute atomic E-state index is 0.126. The predicted molar refractivity (Wildman–Crippen MR) is 95.9 cm³/mol. The van der Waals surface area contributed by atoms with Crippen LogP contribution in [0, 0.1) is 6.92 Å². The Bertz CT molecular complexity index is 880. The van der Waals surface area contributed by atoms with Gasteiger partial charge in [0.05, 0.1) is 31.2 Å². The molecule has 0 radical (unpaired) electrons. The summed E-state index contributed by atoms with van der Waals surface area (Å²) in [6.07, 6.45) is -5.76. The average molecular weight is 403 g/mol. The van der Waals surface area contributed by atoms with Crippen molar-refractivity contribution < 1.29 is 31.1 Å². The van der Waals surface area contributed by atoms with Gasteiger partial charge in [-0.2, -0.15) is 13.2 Å². The van der Waals surface area contributed by atoms with Crippen molar-refractivity contribution in [1.82, 2.24) is 0 Å². The van der Waals surface area contributed by atoms with E-state index in [4.69, 9.17) is 9.47 Å². The summed E-state index contributed by atoms with van der Waals surface area (Å²) in [4.78, 5) is -0.126. The number of hydrogen-bond donors (Lipinski definition) is 0. The van der Waals surface area contributed by atoms with Gasteiger partial charge >= 0.3 is 6.18 Å². The molecule has 0 atom stereocenters. The van der Waals surface area contributed by atoms with Crippen LogP contribution >= 0.6 is 0 Å². The molecule has 5 nitrogen and oxygen atoms in total. The van der Waals surface area contributed by atoms with E-state index in [0.717, 1.165) is 4.31 Å². The summed E-state index contributed by atoms with van der Waals surface area (Å²) in [5, 5.41) is 0. The average Bonchev–Trinajstić information content (AvgIpc) is 2.61. The molecule has 0 amide bonds. The van der Waals surface area contributed by atoms with Gasteiger partial charge in [0.2, 0.25) is 0 Å². The van der Waals surface area contributed by atoms with Crippen molar-refractivity contribution in [2.75, 3.05) is 25.1 Å². The van der Waals surface area contributed by atoms with Crippen LogP contribution in [0.4, 0.5) is 18.9 Å². The van der Waals surface area contributed by atoms with Gasteiger partial charge in [-0.3, -0.25) is 4.31 Å². The lowest BCUT2D eigenvalue weighted by atomic mass is 10.2. The van der Waals surface area contributed by atoms with Gasteiger partial charge < -0.3 is 9.47 Å². The lowest BCUT2D eigenvalue weighted by Crippen LogP contribution is -2.34. The van der Waals surface area contributed by atoms with E-state index in [1.165, 1.54) is 56.7 Å². The monoisotopic (exact) mass is 403 g/mol. The highest BCUT2D eigenvalue weighted by molar-refractivity contribution is 7.92. The van der Waals surface area contributed by atoms with E-state index in [1.54, 1.807) is 6.92 Å². The maximum absolute atomic E-state index is 13.0. The highest BCUT2D eigenvalue weighted by Gasteiger charge is 2.32. The predicted octanol–water partition coefficient (Wildman–Crippen LogP) is 4.16. The Morgan fingerprint density at radius 1 is 1.00 bits per heavy atom. The molecule has 2 rings (SSSR count). The Balaban J connectivity index is 2.48. The minimum atomic E-state index is -4.49. The zero-order chi connectivity index (χ0) is 20.2. The van der Waals surface area contributed by atoms with Gasteiger partial charge in [-0.05, 0) is 55.0 Å². The number of methoxy groups -OCH3 is 2. The lowest BCUT2D eigenvalue weighted by Gasteiger charge is -2.26. The molecule has 0 fully saturated rings.